The second-order valence-corrected chi connectivity index (χ2v) is 3.24. The molecule has 1 aromatic carbocycles. The molecule has 94 valence electrons. The number of hydrogen-bond acceptors (Lipinski definition) is 5. The molecule has 0 aliphatic heterocycles. The summed E-state index contributed by atoms with van der Waals surface area (Å²) in [6, 6.07) is 7.32. The van der Waals surface area contributed by atoms with Crippen molar-refractivity contribution in [2.24, 2.45) is 5.16 Å². The van der Waals surface area contributed by atoms with Gasteiger partial charge < -0.3 is 19.4 Å². The van der Waals surface area contributed by atoms with E-state index in [-0.39, 0.29) is 0 Å². The molecule has 0 spiro atoms. The van der Waals surface area contributed by atoms with Crippen LogP contribution in [0.5, 0.6) is 5.75 Å². The van der Waals surface area contributed by atoms with Crippen molar-refractivity contribution < 1.29 is 19.4 Å². The number of nitrogens with zero attached hydrogens (tertiary/aromatic N) is 1. The number of oxime groups is 1. The molecule has 1 rings (SSSR count). The molecule has 0 atom stereocenters. The summed E-state index contributed by atoms with van der Waals surface area (Å²) in [5.41, 5.74) is 0.729. The standard InChI is InChI=1S/C12H17NO4/c1-15-6-7-16-8-9-17-12-5-3-2-4-11(12)10-13-14/h2-5,10,14H,6-9H2,1H3/b13-10+. The number of hydrogen-bond donors (Lipinski definition) is 1. The monoisotopic (exact) mass is 239 g/mol. The van der Waals surface area contributed by atoms with Crippen LogP contribution in [0, 0.1) is 0 Å². The maximum Gasteiger partial charge on any atom is 0.128 e. The first-order valence-corrected chi connectivity index (χ1v) is 5.34. The van der Waals surface area contributed by atoms with E-state index >= 15 is 0 Å². The van der Waals surface area contributed by atoms with Crippen LogP contribution in [-0.4, -0.2) is 45.0 Å². The quantitative estimate of drug-likeness (QED) is 0.323. The number of para-hydroxylation sites is 1. The fourth-order valence-electron chi connectivity index (χ4n) is 1.24. The summed E-state index contributed by atoms with van der Waals surface area (Å²) in [6.07, 6.45) is 1.33. The van der Waals surface area contributed by atoms with Gasteiger partial charge in [0, 0.05) is 12.7 Å². The van der Waals surface area contributed by atoms with Crippen LogP contribution in [0.1, 0.15) is 5.56 Å². The summed E-state index contributed by atoms with van der Waals surface area (Å²) >= 11 is 0. The largest absolute Gasteiger partial charge is 0.491 e. The lowest BCUT2D eigenvalue weighted by atomic mass is 10.2. The minimum atomic E-state index is 0.444. The van der Waals surface area contributed by atoms with Gasteiger partial charge in [0.1, 0.15) is 12.4 Å². The first kappa shape index (κ1) is 13.5. The minimum Gasteiger partial charge on any atom is -0.491 e. The predicted molar refractivity (Wildman–Crippen MR) is 64.0 cm³/mol. The number of benzene rings is 1. The molecule has 0 amide bonds. The fraction of sp³-hybridized carbons (Fsp3) is 0.417. The molecule has 0 saturated carbocycles. The number of rotatable bonds is 8. The summed E-state index contributed by atoms with van der Waals surface area (Å²) in [7, 11) is 1.63. The Balaban J connectivity index is 2.31. The molecule has 0 fully saturated rings. The zero-order valence-corrected chi connectivity index (χ0v) is 9.83. The van der Waals surface area contributed by atoms with Crippen LogP contribution in [0.15, 0.2) is 29.4 Å². The molecule has 0 unspecified atom stereocenters. The molecule has 0 bridgehead atoms. The molecule has 0 aromatic heterocycles. The van der Waals surface area contributed by atoms with E-state index in [1.54, 1.807) is 13.2 Å². The van der Waals surface area contributed by atoms with Gasteiger partial charge in [0.25, 0.3) is 0 Å². The lowest BCUT2D eigenvalue weighted by molar-refractivity contribution is 0.0544. The van der Waals surface area contributed by atoms with E-state index in [9.17, 15) is 0 Å². The van der Waals surface area contributed by atoms with Gasteiger partial charge in [-0.3, -0.25) is 0 Å². The molecule has 0 aliphatic carbocycles. The van der Waals surface area contributed by atoms with Crippen LogP contribution in [0.4, 0.5) is 0 Å². The average molecular weight is 239 g/mol. The summed E-state index contributed by atoms with van der Waals surface area (Å²) in [5.74, 6) is 0.667. The van der Waals surface area contributed by atoms with Crippen LogP contribution in [-0.2, 0) is 9.47 Å². The lowest BCUT2D eigenvalue weighted by Gasteiger charge is -2.08. The Hall–Kier alpha value is -1.59. The van der Waals surface area contributed by atoms with Crippen LogP contribution < -0.4 is 4.74 Å². The highest BCUT2D eigenvalue weighted by molar-refractivity contribution is 5.82. The van der Waals surface area contributed by atoms with Crippen molar-refractivity contribution in [2.45, 2.75) is 0 Å². The third kappa shape index (κ3) is 5.33. The summed E-state index contributed by atoms with van der Waals surface area (Å²) < 4.78 is 15.6. The molecular weight excluding hydrogens is 222 g/mol. The van der Waals surface area contributed by atoms with Gasteiger partial charge in [0.2, 0.25) is 0 Å². The Kier molecular flexibility index (Phi) is 6.78. The molecule has 0 aliphatic rings. The molecule has 1 aromatic rings. The van der Waals surface area contributed by atoms with Crippen molar-refractivity contribution in [1.29, 1.82) is 0 Å². The molecule has 0 saturated heterocycles. The first-order valence-electron chi connectivity index (χ1n) is 5.34. The van der Waals surface area contributed by atoms with Gasteiger partial charge >= 0.3 is 0 Å². The Morgan fingerprint density at radius 1 is 1.18 bits per heavy atom. The molecule has 5 nitrogen and oxygen atoms in total. The summed E-state index contributed by atoms with van der Waals surface area (Å²) in [6.45, 7) is 2.07. The van der Waals surface area contributed by atoms with E-state index < -0.39 is 0 Å². The van der Waals surface area contributed by atoms with E-state index in [4.69, 9.17) is 19.4 Å². The van der Waals surface area contributed by atoms with Gasteiger partial charge in [-0.05, 0) is 12.1 Å². The smallest absolute Gasteiger partial charge is 0.128 e. The maximum atomic E-state index is 8.49. The van der Waals surface area contributed by atoms with Gasteiger partial charge in [-0.25, -0.2) is 0 Å². The van der Waals surface area contributed by atoms with Crippen LogP contribution in [0.2, 0.25) is 0 Å². The highest BCUT2D eigenvalue weighted by atomic mass is 16.5. The molecule has 5 heteroatoms. The Labute approximate surface area is 101 Å². The van der Waals surface area contributed by atoms with Crippen LogP contribution in [0.3, 0.4) is 0 Å². The highest BCUT2D eigenvalue weighted by Crippen LogP contribution is 2.15. The molecule has 17 heavy (non-hydrogen) atoms. The van der Waals surface area contributed by atoms with Crippen LogP contribution >= 0.6 is 0 Å². The first-order chi connectivity index (χ1) is 8.38. The van der Waals surface area contributed by atoms with Gasteiger partial charge in [-0.1, -0.05) is 17.3 Å². The van der Waals surface area contributed by atoms with Crippen molar-refractivity contribution >= 4 is 6.21 Å². The zero-order valence-electron chi connectivity index (χ0n) is 9.83. The second-order valence-electron chi connectivity index (χ2n) is 3.24. The normalized spacial score (nSPS) is 10.9. The van der Waals surface area contributed by atoms with Crippen molar-refractivity contribution in [1.82, 2.24) is 0 Å². The van der Waals surface area contributed by atoms with E-state index in [1.807, 2.05) is 18.2 Å². The fourth-order valence-corrected chi connectivity index (χ4v) is 1.24. The van der Waals surface area contributed by atoms with Gasteiger partial charge in [0.05, 0.1) is 26.0 Å². The van der Waals surface area contributed by atoms with Gasteiger partial charge in [-0.2, -0.15) is 0 Å². The molecule has 0 heterocycles. The highest BCUT2D eigenvalue weighted by Gasteiger charge is 2.00. The van der Waals surface area contributed by atoms with E-state index in [1.165, 1.54) is 6.21 Å². The van der Waals surface area contributed by atoms with E-state index in [0.717, 1.165) is 5.56 Å². The number of methoxy groups -OCH3 is 1. The Morgan fingerprint density at radius 2 is 1.94 bits per heavy atom. The minimum absolute atomic E-state index is 0.444. The maximum absolute atomic E-state index is 8.49. The van der Waals surface area contributed by atoms with E-state index in [2.05, 4.69) is 5.16 Å². The topological polar surface area (TPSA) is 60.3 Å². The molecule has 1 N–H and O–H groups in total. The van der Waals surface area contributed by atoms with Crippen molar-refractivity contribution in [2.75, 3.05) is 33.5 Å². The van der Waals surface area contributed by atoms with Crippen LogP contribution in [0.25, 0.3) is 0 Å². The SMILES string of the molecule is COCCOCCOc1ccccc1/C=N/O. The summed E-state index contributed by atoms with van der Waals surface area (Å²) in [4.78, 5) is 0. The third-order valence-corrected chi connectivity index (χ3v) is 2.03. The zero-order chi connectivity index (χ0) is 12.3. The van der Waals surface area contributed by atoms with Gasteiger partial charge in [-0.15, -0.1) is 0 Å². The third-order valence-electron chi connectivity index (χ3n) is 2.03. The average Bonchev–Trinajstić information content (AvgIpc) is 2.36. The number of ether oxygens (including phenoxy) is 3. The Bertz CT molecular complexity index is 341. The summed E-state index contributed by atoms with van der Waals surface area (Å²) in [5, 5.41) is 11.5. The van der Waals surface area contributed by atoms with E-state index in [0.29, 0.717) is 32.2 Å². The Morgan fingerprint density at radius 3 is 2.71 bits per heavy atom. The van der Waals surface area contributed by atoms with Crippen molar-refractivity contribution in [3.63, 3.8) is 0 Å². The molecular formula is C12H17NO4. The van der Waals surface area contributed by atoms with Gasteiger partial charge in [0.15, 0.2) is 0 Å². The van der Waals surface area contributed by atoms with Crippen molar-refractivity contribution in [3.05, 3.63) is 29.8 Å². The van der Waals surface area contributed by atoms with Crippen molar-refractivity contribution in [3.8, 4) is 5.75 Å². The second kappa shape index (κ2) is 8.55. The predicted octanol–water partition coefficient (Wildman–Crippen LogP) is 1.54. The molecule has 0 radical (unpaired) electrons. The lowest BCUT2D eigenvalue weighted by Crippen LogP contribution is -2.10.